The highest BCUT2D eigenvalue weighted by atomic mass is 32.2. The lowest BCUT2D eigenvalue weighted by Gasteiger charge is -2.10. The summed E-state index contributed by atoms with van der Waals surface area (Å²) < 4.78 is 0. The third-order valence-electron chi connectivity index (χ3n) is 2.32. The molecule has 6 heteroatoms. The number of amides is 1. The molecule has 1 amide bonds. The molecule has 2 N–H and O–H groups in total. The van der Waals surface area contributed by atoms with Crippen molar-refractivity contribution in [1.82, 2.24) is 0 Å². The number of thiophene rings is 1. The van der Waals surface area contributed by atoms with E-state index in [-0.39, 0.29) is 11.5 Å². The zero-order valence-corrected chi connectivity index (χ0v) is 10.3. The van der Waals surface area contributed by atoms with Crippen molar-refractivity contribution >= 4 is 40.0 Å². The molecule has 0 bridgehead atoms. The molecular weight excluding hydrogens is 246 g/mol. The molecular formula is C10H11NO3S2. The van der Waals surface area contributed by atoms with Crippen molar-refractivity contribution < 1.29 is 14.7 Å². The molecule has 2 rings (SSSR count). The summed E-state index contributed by atoms with van der Waals surface area (Å²) in [6.45, 7) is 1.39. The topological polar surface area (TPSA) is 66.4 Å². The Labute approximate surface area is 101 Å². The first-order chi connectivity index (χ1) is 7.59. The molecule has 0 aromatic carbocycles. The van der Waals surface area contributed by atoms with Crippen LogP contribution in [0.15, 0.2) is 0 Å². The van der Waals surface area contributed by atoms with E-state index in [1.807, 2.05) is 0 Å². The second-order valence-corrected chi connectivity index (χ2v) is 5.71. The molecule has 1 aromatic heterocycles. The molecule has 0 fully saturated rings. The third-order valence-corrected chi connectivity index (χ3v) is 4.64. The van der Waals surface area contributed by atoms with E-state index in [1.165, 1.54) is 18.3 Å². The molecule has 0 atom stereocenters. The van der Waals surface area contributed by atoms with Crippen molar-refractivity contribution in [2.24, 2.45) is 0 Å². The van der Waals surface area contributed by atoms with Crippen LogP contribution in [0.4, 0.5) is 5.00 Å². The van der Waals surface area contributed by atoms with Crippen LogP contribution in [0.5, 0.6) is 0 Å². The number of carbonyl (C=O) groups excluding carboxylic acids is 1. The predicted molar refractivity (Wildman–Crippen MR) is 65.4 cm³/mol. The molecule has 1 aromatic rings. The van der Waals surface area contributed by atoms with E-state index in [9.17, 15) is 14.7 Å². The van der Waals surface area contributed by atoms with Crippen LogP contribution < -0.4 is 5.32 Å². The van der Waals surface area contributed by atoms with E-state index >= 15 is 0 Å². The van der Waals surface area contributed by atoms with Crippen molar-refractivity contribution in [3.8, 4) is 0 Å². The van der Waals surface area contributed by atoms with Gasteiger partial charge in [0.05, 0.1) is 5.56 Å². The lowest BCUT2D eigenvalue weighted by Crippen LogP contribution is -2.10. The number of anilines is 1. The Kier molecular flexibility index (Phi) is 3.20. The van der Waals surface area contributed by atoms with Crippen LogP contribution in [0.25, 0.3) is 0 Å². The molecule has 0 spiro atoms. The van der Waals surface area contributed by atoms with Crippen LogP contribution in [-0.4, -0.2) is 22.7 Å². The van der Waals surface area contributed by atoms with Gasteiger partial charge in [-0.1, -0.05) is 0 Å². The number of carboxylic acids is 1. The summed E-state index contributed by atoms with van der Waals surface area (Å²) >= 11 is 3.18. The van der Waals surface area contributed by atoms with Crippen molar-refractivity contribution in [3.05, 3.63) is 16.0 Å². The summed E-state index contributed by atoms with van der Waals surface area (Å²) in [6.07, 6.45) is 0.776. The van der Waals surface area contributed by atoms with Crippen molar-refractivity contribution in [3.63, 3.8) is 0 Å². The number of carbonyl (C=O) groups is 2. The normalized spacial score (nSPS) is 14.3. The maximum atomic E-state index is 11.2. The Morgan fingerprint density at radius 3 is 2.81 bits per heavy atom. The Morgan fingerprint density at radius 1 is 1.44 bits per heavy atom. The van der Waals surface area contributed by atoms with Gasteiger partial charge in [-0.3, -0.25) is 4.79 Å². The van der Waals surface area contributed by atoms with Gasteiger partial charge in [0.2, 0.25) is 5.91 Å². The zero-order valence-electron chi connectivity index (χ0n) is 8.70. The second-order valence-electron chi connectivity index (χ2n) is 3.50. The molecule has 0 saturated carbocycles. The van der Waals surface area contributed by atoms with Crippen LogP contribution in [-0.2, 0) is 17.0 Å². The maximum absolute atomic E-state index is 11.2. The van der Waals surface area contributed by atoms with E-state index in [2.05, 4.69) is 5.32 Å². The average molecular weight is 257 g/mol. The fourth-order valence-corrected chi connectivity index (χ4v) is 4.13. The van der Waals surface area contributed by atoms with Gasteiger partial charge >= 0.3 is 5.97 Å². The molecule has 2 heterocycles. The number of hydrogen-bond acceptors (Lipinski definition) is 4. The Balaban J connectivity index is 2.47. The molecule has 16 heavy (non-hydrogen) atoms. The quantitative estimate of drug-likeness (QED) is 0.852. The fraction of sp³-hybridized carbons (Fsp3) is 0.400. The number of thioether (sulfide) groups is 1. The fourth-order valence-electron chi connectivity index (χ4n) is 1.71. The van der Waals surface area contributed by atoms with Crippen LogP contribution in [0.2, 0.25) is 0 Å². The number of carboxylic acid groups (broad SMARTS) is 1. The first-order valence-corrected chi connectivity index (χ1v) is 6.80. The van der Waals surface area contributed by atoms with E-state index in [0.29, 0.717) is 5.00 Å². The van der Waals surface area contributed by atoms with Gasteiger partial charge in [0.15, 0.2) is 0 Å². The standard InChI is InChI=1S/C10H11NO3S2/c1-5(12)11-9-8(10(13)14)6-2-3-15-4-7(6)16-9/h2-4H2,1H3,(H,11,12)(H,13,14). The number of hydrogen-bond donors (Lipinski definition) is 2. The van der Waals surface area contributed by atoms with Crippen molar-refractivity contribution in [1.29, 1.82) is 0 Å². The first kappa shape index (κ1) is 11.5. The largest absolute Gasteiger partial charge is 0.478 e. The summed E-state index contributed by atoms with van der Waals surface area (Å²) in [5.74, 6) is 0.616. The van der Waals surface area contributed by atoms with Gasteiger partial charge in [-0.2, -0.15) is 11.8 Å². The Morgan fingerprint density at radius 2 is 2.19 bits per heavy atom. The second kappa shape index (κ2) is 4.47. The van der Waals surface area contributed by atoms with E-state index in [1.54, 1.807) is 11.8 Å². The summed E-state index contributed by atoms with van der Waals surface area (Å²) in [4.78, 5) is 23.3. The molecule has 0 unspecified atom stereocenters. The molecule has 86 valence electrons. The highest BCUT2D eigenvalue weighted by Crippen LogP contribution is 2.39. The summed E-state index contributed by atoms with van der Waals surface area (Å²) in [5, 5.41) is 12.3. The van der Waals surface area contributed by atoms with Gasteiger partial charge in [-0.15, -0.1) is 11.3 Å². The maximum Gasteiger partial charge on any atom is 0.339 e. The van der Waals surface area contributed by atoms with Gasteiger partial charge in [0, 0.05) is 17.6 Å². The monoisotopic (exact) mass is 257 g/mol. The highest BCUT2D eigenvalue weighted by Gasteiger charge is 2.25. The molecule has 4 nitrogen and oxygen atoms in total. The number of fused-ring (bicyclic) bond motifs is 1. The van der Waals surface area contributed by atoms with Gasteiger partial charge < -0.3 is 10.4 Å². The van der Waals surface area contributed by atoms with Gasteiger partial charge in [-0.05, 0) is 17.7 Å². The number of nitrogens with one attached hydrogen (secondary N) is 1. The SMILES string of the molecule is CC(=O)Nc1sc2c(c1C(=O)O)CCSC2. The third kappa shape index (κ3) is 2.08. The van der Waals surface area contributed by atoms with Crippen LogP contribution in [0.1, 0.15) is 27.7 Å². The minimum Gasteiger partial charge on any atom is -0.478 e. The van der Waals surface area contributed by atoms with Crippen LogP contribution in [0.3, 0.4) is 0 Å². The molecule has 0 radical (unpaired) electrons. The minimum atomic E-state index is -0.951. The van der Waals surface area contributed by atoms with Crippen molar-refractivity contribution in [2.75, 3.05) is 11.1 Å². The van der Waals surface area contributed by atoms with Gasteiger partial charge in [0.25, 0.3) is 0 Å². The molecule has 1 aliphatic rings. The first-order valence-electron chi connectivity index (χ1n) is 4.82. The van der Waals surface area contributed by atoms with E-state index in [4.69, 9.17) is 0 Å². The molecule has 0 aliphatic carbocycles. The molecule has 0 saturated heterocycles. The Hall–Kier alpha value is -1.01. The minimum absolute atomic E-state index is 0.228. The van der Waals surface area contributed by atoms with Crippen molar-refractivity contribution in [2.45, 2.75) is 19.1 Å². The number of rotatable bonds is 2. The zero-order chi connectivity index (χ0) is 11.7. The lowest BCUT2D eigenvalue weighted by atomic mass is 10.1. The summed E-state index contributed by atoms with van der Waals surface area (Å²) in [5.41, 5.74) is 1.19. The van der Waals surface area contributed by atoms with Crippen LogP contribution >= 0.6 is 23.1 Å². The van der Waals surface area contributed by atoms with E-state index in [0.717, 1.165) is 28.4 Å². The Bertz CT molecular complexity index is 453. The van der Waals surface area contributed by atoms with Gasteiger partial charge in [0.1, 0.15) is 5.00 Å². The molecule has 1 aliphatic heterocycles. The smallest absolute Gasteiger partial charge is 0.339 e. The average Bonchev–Trinajstić information content (AvgIpc) is 2.53. The summed E-state index contributed by atoms with van der Waals surface area (Å²) in [6, 6.07) is 0. The number of aromatic carboxylic acids is 1. The predicted octanol–water partition coefficient (Wildman–Crippen LogP) is 2.19. The van der Waals surface area contributed by atoms with Gasteiger partial charge in [-0.25, -0.2) is 4.79 Å². The summed E-state index contributed by atoms with van der Waals surface area (Å²) in [7, 11) is 0. The lowest BCUT2D eigenvalue weighted by molar-refractivity contribution is -0.114. The highest BCUT2D eigenvalue weighted by molar-refractivity contribution is 7.98. The van der Waals surface area contributed by atoms with Crippen LogP contribution in [0, 0.1) is 0 Å². The van der Waals surface area contributed by atoms with E-state index < -0.39 is 5.97 Å².